The van der Waals surface area contributed by atoms with E-state index >= 15 is 0 Å². The maximum atomic E-state index is 6.56. The maximum Gasteiger partial charge on any atom is 0.164 e. The molecule has 2 heterocycles. The Kier molecular flexibility index (Phi) is 7.11. The smallest absolute Gasteiger partial charge is 0.164 e. The van der Waals surface area contributed by atoms with E-state index in [-0.39, 0.29) is 0 Å². The highest BCUT2D eigenvalue weighted by Crippen LogP contribution is 2.63. The summed E-state index contributed by atoms with van der Waals surface area (Å²) < 4.78 is 6.56. The van der Waals surface area contributed by atoms with Gasteiger partial charge in [-0.3, -0.25) is 0 Å². The zero-order valence-electron chi connectivity index (χ0n) is 31.3. The topological polar surface area (TPSA) is 47.9 Å². The molecular formula is C54H33N3O. The number of hydrogen-bond donors (Lipinski definition) is 0. The van der Waals surface area contributed by atoms with Crippen molar-refractivity contribution in [1.82, 2.24) is 15.0 Å². The van der Waals surface area contributed by atoms with E-state index in [1.54, 1.807) is 0 Å². The van der Waals surface area contributed by atoms with Crippen LogP contribution in [0.2, 0.25) is 0 Å². The van der Waals surface area contributed by atoms with Gasteiger partial charge in [0.25, 0.3) is 0 Å². The fourth-order valence-electron chi connectivity index (χ4n) is 9.53. The summed E-state index contributed by atoms with van der Waals surface area (Å²) in [4.78, 5) is 15.5. The Labute approximate surface area is 335 Å². The number of nitrogens with zero attached hydrogens (tertiary/aromatic N) is 3. The van der Waals surface area contributed by atoms with Crippen LogP contribution in [-0.4, -0.2) is 15.0 Å². The van der Waals surface area contributed by atoms with Crippen LogP contribution in [0.5, 0.6) is 11.5 Å². The molecule has 0 bridgehead atoms. The molecule has 9 aromatic carbocycles. The Balaban J connectivity index is 1.03. The van der Waals surface area contributed by atoms with Crippen molar-refractivity contribution in [2.75, 3.05) is 0 Å². The number of rotatable bonds is 4. The molecule has 2 aliphatic rings. The zero-order valence-corrected chi connectivity index (χ0v) is 31.3. The van der Waals surface area contributed by atoms with Crippen molar-refractivity contribution in [3.8, 4) is 67.9 Å². The van der Waals surface area contributed by atoms with Gasteiger partial charge in [-0.15, -0.1) is 0 Å². The third-order valence-corrected chi connectivity index (χ3v) is 12.0. The summed E-state index contributed by atoms with van der Waals surface area (Å²) in [6, 6.07) is 70.8. The second-order valence-corrected chi connectivity index (χ2v) is 15.1. The normalized spacial score (nSPS) is 13.1. The van der Waals surface area contributed by atoms with E-state index in [0.717, 1.165) is 66.4 Å². The first-order chi connectivity index (χ1) is 28.8. The number of hydrogen-bond acceptors (Lipinski definition) is 4. The molecular weight excluding hydrogens is 707 g/mol. The van der Waals surface area contributed by atoms with Crippen LogP contribution in [0.15, 0.2) is 200 Å². The maximum absolute atomic E-state index is 6.56. The lowest BCUT2D eigenvalue weighted by Crippen LogP contribution is -2.32. The summed E-state index contributed by atoms with van der Waals surface area (Å²) in [6.45, 7) is 0. The van der Waals surface area contributed by atoms with Crippen LogP contribution in [0.3, 0.4) is 0 Å². The summed E-state index contributed by atoms with van der Waals surface area (Å²) in [5, 5.41) is 4.49. The third-order valence-electron chi connectivity index (χ3n) is 12.0. The highest BCUT2D eigenvalue weighted by atomic mass is 16.5. The summed E-state index contributed by atoms with van der Waals surface area (Å²) in [6.07, 6.45) is 0. The fraction of sp³-hybridized carbons (Fsp3) is 0.0185. The first kappa shape index (κ1) is 32.5. The first-order valence-corrected chi connectivity index (χ1v) is 19.7. The number of aromatic nitrogens is 3. The van der Waals surface area contributed by atoms with E-state index in [2.05, 4.69) is 200 Å². The average Bonchev–Trinajstić information content (AvgIpc) is 3.59. The molecule has 12 rings (SSSR count). The lowest BCUT2D eigenvalue weighted by atomic mass is 9.66. The Morgan fingerprint density at radius 3 is 1.38 bits per heavy atom. The highest BCUT2D eigenvalue weighted by molar-refractivity contribution is 5.99. The minimum atomic E-state index is -0.520. The molecule has 4 nitrogen and oxygen atoms in total. The molecule has 1 spiro atoms. The largest absolute Gasteiger partial charge is 0.457 e. The van der Waals surface area contributed by atoms with Crippen LogP contribution in [0, 0.1) is 0 Å². The highest BCUT2D eigenvalue weighted by Gasteiger charge is 2.51. The molecule has 4 heteroatoms. The van der Waals surface area contributed by atoms with Gasteiger partial charge in [0.05, 0.1) is 5.41 Å². The number of para-hydroxylation sites is 2. The molecule has 58 heavy (non-hydrogen) atoms. The molecule has 10 aromatic rings. The van der Waals surface area contributed by atoms with Gasteiger partial charge in [0, 0.05) is 27.8 Å². The molecule has 0 amide bonds. The first-order valence-electron chi connectivity index (χ1n) is 19.7. The second-order valence-electron chi connectivity index (χ2n) is 15.1. The molecule has 1 aliphatic heterocycles. The Hall–Kier alpha value is -7.69. The minimum absolute atomic E-state index is 0.520. The molecule has 1 aliphatic carbocycles. The molecule has 0 radical (unpaired) electrons. The number of ether oxygens (including phenoxy) is 1. The molecule has 0 saturated carbocycles. The summed E-state index contributed by atoms with van der Waals surface area (Å²) in [5.41, 5.74) is 12.0. The van der Waals surface area contributed by atoms with E-state index in [4.69, 9.17) is 19.7 Å². The van der Waals surface area contributed by atoms with Gasteiger partial charge in [0.1, 0.15) is 11.5 Å². The van der Waals surface area contributed by atoms with Crippen molar-refractivity contribution < 1.29 is 4.74 Å². The molecule has 270 valence electrons. The lowest BCUT2D eigenvalue weighted by Gasteiger charge is -2.39. The predicted octanol–water partition coefficient (Wildman–Crippen LogP) is 13.3. The van der Waals surface area contributed by atoms with Crippen molar-refractivity contribution in [3.63, 3.8) is 0 Å². The minimum Gasteiger partial charge on any atom is -0.457 e. The summed E-state index contributed by atoms with van der Waals surface area (Å²) in [7, 11) is 0. The van der Waals surface area contributed by atoms with Gasteiger partial charge in [-0.2, -0.15) is 0 Å². The summed E-state index contributed by atoms with van der Waals surface area (Å²) >= 11 is 0. The number of benzene rings is 9. The second kappa shape index (κ2) is 12.7. The zero-order chi connectivity index (χ0) is 38.2. The fourth-order valence-corrected chi connectivity index (χ4v) is 9.53. The molecule has 0 atom stereocenters. The standard InChI is InChI=1S/C54H33N3O/c1-3-18-38-34(14-1)16-11-22-41(38)52-55-51(56-53(57-52)42-23-12-17-35-15-2-4-19-39(35)42)37-32-30-36(31-33-37)40-21-13-27-47-50(40)43-20-5-6-24-44(43)54(47)45-25-7-9-28-48(45)58-49-29-10-8-26-46(49)54/h1-33H. The molecule has 0 saturated heterocycles. The van der Waals surface area contributed by atoms with Crippen molar-refractivity contribution in [2.24, 2.45) is 0 Å². The van der Waals surface area contributed by atoms with Crippen LogP contribution in [0.4, 0.5) is 0 Å². The predicted molar refractivity (Wildman–Crippen MR) is 234 cm³/mol. The van der Waals surface area contributed by atoms with Crippen LogP contribution in [0.25, 0.3) is 78.0 Å². The van der Waals surface area contributed by atoms with Gasteiger partial charge >= 0.3 is 0 Å². The SMILES string of the molecule is c1ccc2c(c1)Oc1ccccc1C21c2ccccc2-c2c(-c3ccc(-c4nc(-c5cccc6ccccc56)nc(-c5cccc6ccccc56)n4)cc3)cccc21. The van der Waals surface area contributed by atoms with Crippen molar-refractivity contribution >= 4 is 21.5 Å². The molecule has 1 aromatic heterocycles. The van der Waals surface area contributed by atoms with E-state index in [1.165, 1.54) is 27.8 Å². The van der Waals surface area contributed by atoms with E-state index in [9.17, 15) is 0 Å². The average molecular weight is 740 g/mol. The summed E-state index contributed by atoms with van der Waals surface area (Å²) in [5.74, 6) is 3.70. The van der Waals surface area contributed by atoms with Crippen molar-refractivity contribution in [2.45, 2.75) is 5.41 Å². The Morgan fingerprint density at radius 2 is 0.741 bits per heavy atom. The Bertz CT molecular complexity index is 3120. The monoisotopic (exact) mass is 739 g/mol. The van der Waals surface area contributed by atoms with Crippen LogP contribution < -0.4 is 4.74 Å². The van der Waals surface area contributed by atoms with E-state index < -0.39 is 5.41 Å². The molecule has 0 N–H and O–H groups in total. The molecule has 0 fully saturated rings. The Morgan fingerprint density at radius 1 is 0.310 bits per heavy atom. The van der Waals surface area contributed by atoms with Crippen molar-refractivity contribution in [3.05, 3.63) is 222 Å². The van der Waals surface area contributed by atoms with Gasteiger partial charge < -0.3 is 4.74 Å². The van der Waals surface area contributed by atoms with Crippen LogP contribution in [0.1, 0.15) is 22.3 Å². The lowest BCUT2D eigenvalue weighted by molar-refractivity contribution is 0.436. The van der Waals surface area contributed by atoms with E-state index in [1.807, 2.05) is 0 Å². The number of fused-ring (bicyclic) bond motifs is 11. The van der Waals surface area contributed by atoms with Gasteiger partial charge in [-0.05, 0) is 67.1 Å². The van der Waals surface area contributed by atoms with Gasteiger partial charge in [0.2, 0.25) is 0 Å². The van der Waals surface area contributed by atoms with E-state index in [0.29, 0.717) is 17.5 Å². The third kappa shape index (κ3) is 4.72. The van der Waals surface area contributed by atoms with Gasteiger partial charge in [-0.25, -0.2) is 15.0 Å². The molecule has 0 unspecified atom stereocenters. The quantitative estimate of drug-likeness (QED) is 0.180. The van der Waals surface area contributed by atoms with Crippen LogP contribution >= 0.6 is 0 Å². The van der Waals surface area contributed by atoms with Crippen LogP contribution in [-0.2, 0) is 5.41 Å². The van der Waals surface area contributed by atoms with Gasteiger partial charge in [-0.1, -0.05) is 188 Å². The van der Waals surface area contributed by atoms with Crippen molar-refractivity contribution in [1.29, 1.82) is 0 Å². The van der Waals surface area contributed by atoms with Gasteiger partial charge in [0.15, 0.2) is 17.5 Å².